The van der Waals surface area contributed by atoms with Crippen LogP contribution in [0.15, 0.2) is 131 Å². The quantitative estimate of drug-likeness (QED) is 0.132. The van der Waals surface area contributed by atoms with Gasteiger partial charge < -0.3 is 28.5 Å². The lowest BCUT2D eigenvalue weighted by Gasteiger charge is -2.17. The van der Waals surface area contributed by atoms with Crippen LogP contribution in [0, 0.1) is 5.92 Å². The maximum atomic E-state index is 13.9. The van der Waals surface area contributed by atoms with E-state index in [1.54, 1.807) is 24.3 Å². The van der Waals surface area contributed by atoms with Crippen molar-refractivity contribution in [3.8, 4) is 40.1 Å². The minimum Gasteiger partial charge on any atom is -0.507 e. The zero-order valence-electron chi connectivity index (χ0n) is 28.3. The van der Waals surface area contributed by atoms with Gasteiger partial charge in [0.05, 0.1) is 6.61 Å². The lowest BCUT2D eigenvalue weighted by molar-refractivity contribution is 0.255. The Morgan fingerprint density at radius 3 is 1.71 bits per heavy atom. The van der Waals surface area contributed by atoms with Crippen LogP contribution < -0.4 is 24.4 Å². The molecule has 0 fully saturated rings. The van der Waals surface area contributed by atoms with E-state index in [0.717, 1.165) is 16.7 Å². The number of fused-ring (bicyclic) bond motifs is 1. The SMILES string of the molecule is CC.CC(C)COc1c(-c2ccc(OCc3ccccc3)c(OCc3ccccc3)c2)oc2cc(OCc3ccccc3)cc(O)c2c1=O. The summed E-state index contributed by atoms with van der Waals surface area (Å²) >= 11 is 0. The molecule has 7 nitrogen and oxygen atoms in total. The summed E-state index contributed by atoms with van der Waals surface area (Å²) < 4.78 is 30.9. The van der Waals surface area contributed by atoms with Crippen molar-refractivity contribution in [2.24, 2.45) is 5.92 Å². The van der Waals surface area contributed by atoms with Crippen LogP contribution in [0.25, 0.3) is 22.3 Å². The van der Waals surface area contributed by atoms with Crippen molar-refractivity contribution < 1.29 is 28.5 Å². The van der Waals surface area contributed by atoms with Crippen LogP contribution in [0.1, 0.15) is 44.4 Å². The van der Waals surface area contributed by atoms with Crippen LogP contribution >= 0.6 is 0 Å². The van der Waals surface area contributed by atoms with Crippen LogP contribution in [-0.2, 0) is 19.8 Å². The molecule has 49 heavy (non-hydrogen) atoms. The van der Waals surface area contributed by atoms with Gasteiger partial charge in [0.2, 0.25) is 11.2 Å². The van der Waals surface area contributed by atoms with Crippen LogP contribution in [0.2, 0.25) is 0 Å². The minimum absolute atomic E-state index is 0.00594. The summed E-state index contributed by atoms with van der Waals surface area (Å²) in [5.41, 5.74) is 3.20. The van der Waals surface area contributed by atoms with Gasteiger partial charge in [-0.25, -0.2) is 0 Å². The maximum Gasteiger partial charge on any atom is 0.239 e. The fourth-order valence-corrected chi connectivity index (χ4v) is 5.01. The van der Waals surface area contributed by atoms with Crippen molar-refractivity contribution >= 4 is 11.0 Å². The molecule has 5 aromatic carbocycles. The second-order valence-electron chi connectivity index (χ2n) is 11.6. The molecule has 0 spiro atoms. The molecule has 0 bridgehead atoms. The Morgan fingerprint density at radius 2 is 1.16 bits per heavy atom. The molecule has 0 aliphatic rings. The first kappa shape index (κ1) is 34.6. The zero-order valence-corrected chi connectivity index (χ0v) is 28.3. The number of phenolic OH excluding ortho intramolecular Hbond substituents is 1. The molecule has 1 N–H and O–H groups in total. The molecule has 0 amide bonds. The molecule has 252 valence electrons. The molecule has 6 aromatic rings. The number of rotatable bonds is 13. The van der Waals surface area contributed by atoms with Gasteiger partial charge in [-0.1, -0.05) is 119 Å². The maximum absolute atomic E-state index is 13.9. The number of phenols is 1. The lowest BCUT2D eigenvalue weighted by atomic mass is 10.1. The Morgan fingerprint density at radius 1 is 0.633 bits per heavy atom. The normalized spacial score (nSPS) is 10.7. The second-order valence-corrected chi connectivity index (χ2v) is 11.6. The van der Waals surface area contributed by atoms with Crippen LogP contribution in [0.3, 0.4) is 0 Å². The van der Waals surface area contributed by atoms with E-state index in [2.05, 4.69) is 0 Å². The molecular formula is C42H42O7. The monoisotopic (exact) mass is 658 g/mol. The Bertz CT molecular complexity index is 1990. The van der Waals surface area contributed by atoms with E-state index in [1.165, 1.54) is 6.07 Å². The average Bonchev–Trinajstić information content (AvgIpc) is 3.13. The average molecular weight is 659 g/mol. The van der Waals surface area contributed by atoms with Gasteiger partial charge in [0.15, 0.2) is 17.3 Å². The highest BCUT2D eigenvalue weighted by Crippen LogP contribution is 2.40. The van der Waals surface area contributed by atoms with Gasteiger partial charge in [-0.05, 0) is 40.8 Å². The van der Waals surface area contributed by atoms with Gasteiger partial charge in [-0.15, -0.1) is 0 Å². The summed E-state index contributed by atoms with van der Waals surface area (Å²) in [7, 11) is 0. The third-order valence-corrected chi connectivity index (χ3v) is 7.40. The first-order valence-electron chi connectivity index (χ1n) is 16.6. The summed E-state index contributed by atoms with van der Waals surface area (Å²) in [4.78, 5) is 13.9. The van der Waals surface area contributed by atoms with Gasteiger partial charge in [0.25, 0.3) is 0 Å². The topological polar surface area (TPSA) is 87.4 Å². The third kappa shape index (κ3) is 9.02. The molecule has 0 radical (unpaired) electrons. The van der Waals surface area contributed by atoms with Gasteiger partial charge in [-0.3, -0.25) is 4.79 Å². The summed E-state index contributed by atoms with van der Waals surface area (Å²) in [6, 6.07) is 37.8. The van der Waals surface area contributed by atoms with E-state index in [4.69, 9.17) is 23.4 Å². The largest absolute Gasteiger partial charge is 0.507 e. The Kier molecular flexibility index (Phi) is 12.0. The van der Waals surface area contributed by atoms with Gasteiger partial charge in [0.1, 0.15) is 42.3 Å². The number of aromatic hydroxyl groups is 1. The van der Waals surface area contributed by atoms with Crippen LogP contribution in [-0.4, -0.2) is 11.7 Å². The zero-order chi connectivity index (χ0) is 34.6. The van der Waals surface area contributed by atoms with Gasteiger partial charge in [-0.2, -0.15) is 0 Å². The standard InChI is InChI=1S/C40H36O7.C2H6/c1-27(2)23-46-40-38(42)37-33(41)21-32(43-24-28-12-6-3-7-13-28)22-36(37)47-39(40)31-18-19-34(44-25-29-14-8-4-9-15-29)35(20-31)45-26-30-16-10-5-11-17-30;1-2/h3-22,27,41H,23-26H2,1-2H3;1-2H3. The smallest absolute Gasteiger partial charge is 0.239 e. The molecule has 7 heteroatoms. The van der Waals surface area contributed by atoms with Crippen molar-refractivity contribution in [3.63, 3.8) is 0 Å². The summed E-state index contributed by atoms with van der Waals surface area (Å²) in [5.74, 6) is 1.47. The van der Waals surface area contributed by atoms with Crippen LogP contribution in [0.5, 0.6) is 28.7 Å². The molecule has 1 aromatic heterocycles. The highest BCUT2D eigenvalue weighted by Gasteiger charge is 2.23. The predicted molar refractivity (Wildman–Crippen MR) is 194 cm³/mol. The Labute approximate surface area is 287 Å². The lowest BCUT2D eigenvalue weighted by Crippen LogP contribution is -2.14. The summed E-state index contributed by atoms with van der Waals surface area (Å²) in [6.07, 6.45) is 0. The summed E-state index contributed by atoms with van der Waals surface area (Å²) in [5, 5.41) is 11.0. The second kappa shape index (κ2) is 16.9. The van der Waals surface area contributed by atoms with Crippen molar-refractivity contribution in [1.82, 2.24) is 0 Å². The molecule has 0 aliphatic carbocycles. The molecular weight excluding hydrogens is 616 g/mol. The van der Waals surface area contributed by atoms with Crippen molar-refractivity contribution in [3.05, 3.63) is 148 Å². The fraction of sp³-hybridized carbons (Fsp3) is 0.214. The molecule has 0 saturated carbocycles. The molecule has 0 atom stereocenters. The van der Waals surface area contributed by atoms with E-state index in [9.17, 15) is 9.90 Å². The van der Waals surface area contributed by atoms with Crippen LogP contribution in [0.4, 0.5) is 0 Å². The fourth-order valence-electron chi connectivity index (χ4n) is 5.01. The van der Waals surface area contributed by atoms with E-state index in [0.29, 0.717) is 36.0 Å². The highest BCUT2D eigenvalue weighted by molar-refractivity contribution is 5.88. The molecule has 0 unspecified atom stereocenters. The molecule has 0 aliphatic heterocycles. The van der Waals surface area contributed by atoms with Crippen molar-refractivity contribution in [2.45, 2.75) is 47.5 Å². The molecule has 1 heterocycles. The van der Waals surface area contributed by atoms with Gasteiger partial charge in [0, 0.05) is 17.7 Å². The Balaban J connectivity index is 0.00000230. The Hall–Kier alpha value is -5.69. The third-order valence-electron chi connectivity index (χ3n) is 7.40. The van der Waals surface area contributed by atoms with E-state index in [1.807, 2.05) is 119 Å². The molecule has 0 saturated heterocycles. The predicted octanol–water partition coefficient (Wildman–Crippen LogP) is 9.96. The number of benzene rings is 5. The number of hydrogen-bond acceptors (Lipinski definition) is 7. The van der Waals surface area contributed by atoms with E-state index >= 15 is 0 Å². The van der Waals surface area contributed by atoms with Gasteiger partial charge >= 0.3 is 0 Å². The van der Waals surface area contributed by atoms with Crippen molar-refractivity contribution in [1.29, 1.82) is 0 Å². The number of hydrogen-bond donors (Lipinski definition) is 1. The first-order chi connectivity index (χ1) is 23.9. The highest BCUT2D eigenvalue weighted by atomic mass is 16.5. The first-order valence-corrected chi connectivity index (χ1v) is 16.6. The van der Waals surface area contributed by atoms with Crippen molar-refractivity contribution in [2.75, 3.05) is 6.61 Å². The van der Waals surface area contributed by atoms with E-state index in [-0.39, 0.29) is 47.4 Å². The molecule has 6 rings (SSSR count). The van der Waals surface area contributed by atoms with E-state index < -0.39 is 5.43 Å². The number of ether oxygens (including phenoxy) is 4. The summed E-state index contributed by atoms with van der Waals surface area (Å²) in [6.45, 7) is 9.19. The minimum atomic E-state index is -0.481.